The van der Waals surface area contributed by atoms with Gasteiger partial charge in [0.15, 0.2) is 5.60 Å². The van der Waals surface area contributed by atoms with E-state index in [2.05, 4.69) is 16.1 Å². The van der Waals surface area contributed by atoms with Crippen LogP contribution in [0, 0.1) is 17.1 Å². The number of rotatable bonds is 2. The second-order valence-electron chi connectivity index (χ2n) is 8.76. The molecule has 3 aliphatic rings. The number of aromatic nitrogens is 2. The molecule has 0 saturated carbocycles. The molecule has 1 spiro atoms. The zero-order valence-electron chi connectivity index (χ0n) is 17.4. The molecule has 0 radical (unpaired) electrons. The Hall–Kier alpha value is -3.44. The number of anilines is 1. The first-order valence-corrected chi connectivity index (χ1v) is 11.0. The summed E-state index contributed by atoms with van der Waals surface area (Å²) in [4.78, 5) is 17.6. The number of carbonyl (C=O) groups excluding carboxylic acids is 1. The Balaban J connectivity index is 1.23. The van der Waals surface area contributed by atoms with Crippen LogP contribution in [0.4, 0.5) is 10.2 Å². The molecule has 0 aliphatic carbocycles. The lowest BCUT2D eigenvalue weighted by atomic mass is 9.89. The molecule has 2 atom stereocenters. The van der Waals surface area contributed by atoms with Crippen LogP contribution in [0.2, 0.25) is 0 Å². The smallest absolute Gasteiger partial charge is 0.257 e. The van der Waals surface area contributed by atoms with E-state index < -0.39 is 5.60 Å². The monoisotopic (exact) mass is 431 g/mol. The van der Waals surface area contributed by atoms with Crippen molar-refractivity contribution in [1.29, 1.82) is 5.26 Å². The maximum absolute atomic E-state index is 13.8. The summed E-state index contributed by atoms with van der Waals surface area (Å²) in [5.74, 6) is 0.647. The Labute approximate surface area is 184 Å². The van der Waals surface area contributed by atoms with Crippen molar-refractivity contribution in [1.82, 2.24) is 14.5 Å². The quantitative estimate of drug-likeness (QED) is 0.622. The minimum Gasteiger partial charge on any atom is -0.356 e. The zero-order chi connectivity index (χ0) is 21.9. The van der Waals surface area contributed by atoms with Crippen molar-refractivity contribution in [2.24, 2.45) is 0 Å². The molecule has 1 amide bonds. The number of nitriles is 1. The largest absolute Gasteiger partial charge is 0.356 e. The summed E-state index contributed by atoms with van der Waals surface area (Å²) in [7, 11) is 0. The predicted octanol–water partition coefficient (Wildman–Crippen LogP) is 3.40. The van der Waals surface area contributed by atoms with E-state index in [0.29, 0.717) is 31.5 Å². The van der Waals surface area contributed by atoms with Crippen molar-refractivity contribution < 1.29 is 13.9 Å². The molecule has 3 saturated heterocycles. The molecule has 0 N–H and O–H groups in total. The topological polar surface area (TPSA) is 73.9 Å². The summed E-state index contributed by atoms with van der Waals surface area (Å²) in [6.07, 6.45) is 4.16. The summed E-state index contributed by atoms with van der Waals surface area (Å²) in [6.45, 7) is 1.30. The maximum atomic E-state index is 13.8. The van der Waals surface area contributed by atoms with E-state index in [1.54, 1.807) is 16.8 Å². The van der Waals surface area contributed by atoms with E-state index in [9.17, 15) is 14.4 Å². The molecule has 5 heterocycles. The van der Waals surface area contributed by atoms with E-state index >= 15 is 0 Å². The number of piperidine rings is 1. The summed E-state index contributed by atoms with van der Waals surface area (Å²) in [5, 5.41) is 13.7. The molecule has 8 heteroatoms. The summed E-state index contributed by atoms with van der Waals surface area (Å²) >= 11 is 0. The Morgan fingerprint density at radius 1 is 1.16 bits per heavy atom. The third kappa shape index (κ3) is 2.74. The normalized spacial score (nSPS) is 24.3. The number of fused-ring (bicyclic) bond motifs is 2. The number of hydrogen-bond acceptors (Lipinski definition) is 5. The van der Waals surface area contributed by atoms with Gasteiger partial charge in [0.05, 0.1) is 23.3 Å². The van der Waals surface area contributed by atoms with Crippen molar-refractivity contribution >= 4 is 17.2 Å². The van der Waals surface area contributed by atoms with Crippen LogP contribution in [0.5, 0.6) is 0 Å². The number of nitrogens with zero attached hydrogens (tertiary/aromatic N) is 5. The van der Waals surface area contributed by atoms with Crippen molar-refractivity contribution in [2.75, 3.05) is 18.0 Å². The van der Waals surface area contributed by atoms with Crippen LogP contribution in [0.15, 0.2) is 48.7 Å². The first-order chi connectivity index (χ1) is 15.6. The van der Waals surface area contributed by atoms with Gasteiger partial charge in [-0.25, -0.2) is 8.91 Å². The van der Waals surface area contributed by atoms with Crippen molar-refractivity contribution in [3.8, 4) is 6.07 Å². The second-order valence-corrected chi connectivity index (χ2v) is 8.76. The Bertz CT molecular complexity index is 1260. The van der Waals surface area contributed by atoms with Crippen LogP contribution in [-0.4, -0.2) is 45.3 Å². The van der Waals surface area contributed by atoms with Gasteiger partial charge < -0.3 is 14.5 Å². The van der Waals surface area contributed by atoms with Crippen LogP contribution in [-0.2, 0) is 9.53 Å². The molecule has 0 unspecified atom stereocenters. The number of amides is 1. The third-order valence-corrected chi connectivity index (χ3v) is 7.10. The number of hydrogen-bond donors (Lipinski definition) is 0. The van der Waals surface area contributed by atoms with Crippen molar-refractivity contribution in [2.45, 2.75) is 43.6 Å². The fourth-order valence-electron chi connectivity index (χ4n) is 5.52. The number of benzene rings is 1. The molecule has 32 heavy (non-hydrogen) atoms. The van der Waals surface area contributed by atoms with Gasteiger partial charge in [0.1, 0.15) is 23.9 Å². The van der Waals surface area contributed by atoms with Gasteiger partial charge in [-0.1, -0.05) is 12.1 Å². The van der Waals surface area contributed by atoms with E-state index in [0.717, 1.165) is 29.7 Å². The van der Waals surface area contributed by atoms with Gasteiger partial charge in [0, 0.05) is 25.9 Å². The fraction of sp³-hybridized carbons (Fsp3) is 0.375. The fourth-order valence-corrected chi connectivity index (χ4v) is 5.52. The lowest BCUT2D eigenvalue weighted by Gasteiger charge is -2.38. The highest BCUT2D eigenvalue weighted by Crippen LogP contribution is 2.48. The van der Waals surface area contributed by atoms with E-state index in [1.165, 1.54) is 12.1 Å². The Kier molecular flexibility index (Phi) is 4.24. The molecule has 3 aliphatic heterocycles. The third-order valence-electron chi connectivity index (χ3n) is 7.10. The Morgan fingerprint density at radius 2 is 2.00 bits per heavy atom. The minimum atomic E-state index is -0.816. The highest BCUT2D eigenvalue weighted by Gasteiger charge is 2.58. The van der Waals surface area contributed by atoms with Gasteiger partial charge in [0.25, 0.3) is 5.91 Å². The SMILES string of the molecule is N#Cc1ccc(N2CCC3(CC2)O[C@@H]2CC[C@@H](c4cccc(F)c4)N2C3=O)n2nccc12. The summed E-state index contributed by atoms with van der Waals surface area (Å²) in [6, 6.07) is 14.1. The maximum Gasteiger partial charge on any atom is 0.257 e. The van der Waals surface area contributed by atoms with E-state index in [1.807, 2.05) is 29.2 Å². The van der Waals surface area contributed by atoms with Crippen LogP contribution >= 0.6 is 0 Å². The molecule has 7 nitrogen and oxygen atoms in total. The first kappa shape index (κ1) is 19.3. The van der Waals surface area contributed by atoms with E-state index in [4.69, 9.17) is 4.74 Å². The standard InChI is InChI=1S/C24H22FN5O2/c25-18-3-1-2-16(14-18)19-5-7-22-29(19)23(31)24(32-22)9-12-28(13-10-24)21-6-4-17(15-26)20-8-11-27-30(20)21/h1-4,6,8,11,14,19,22H,5,7,9-10,12-13H2/t19-,22+/m0/s1. The minimum absolute atomic E-state index is 0.0259. The predicted molar refractivity (Wildman–Crippen MR) is 114 cm³/mol. The van der Waals surface area contributed by atoms with Crippen LogP contribution in [0.1, 0.15) is 42.9 Å². The molecule has 3 aromatic rings. The van der Waals surface area contributed by atoms with Crippen LogP contribution < -0.4 is 4.90 Å². The number of pyridine rings is 1. The number of carbonyl (C=O) groups is 1. The summed E-state index contributed by atoms with van der Waals surface area (Å²) in [5.41, 5.74) is 1.37. The number of halogens is 1. The highest BCUT2D eigenvalue weighted by atomic mass is 19.1. The zero-order valence-corrected chi connectivity index (χ0v) is 17.4. The molecular formula is C24H22FN5O2. The summed E-state index contributed by atoms with van der Waals surface area (Å²) < 4.78 is 22.0. The number of ether oxygens (including phenoxy) is 1. The highest BCUT2D eigenvalue weighted by molar-refractivity contribution is 5.88. The van der Waals surface area contributed by atoms with Gasteiger partial charge in [-0.3, -0.25) is 4.79 Å². The van der Waals surface area contributed by atoms with Gasteiger partial charge >= 0.3 is 0 Å². The average molecular weight is 431 g/mol. The molecule has 6 rings (SSSR count). The van der Waals surface area contributed by atoms with Gasteiger partial charge in [-0.05, 0) is 48.7 Å². The second kappa shape index (κ2) is 7.04. The average Bonchev–Trinajstić information content (AvgIpc) is 3.51. The first-order valence-electron chi connectivity index (χ1n) is 11.0. The molecular weight excluding hydrogens is 409 g/mol. The van der Waals surface area contributed by atoms with Crippen LogP contribution in [0.25, 0.3) is 5.52 Å². The van der Waals surface area contributed by atoms with Crippen molar-refractivity contribution in [3.05, 3.63) is 65.6 Å². The van der Waals surface area contributed by atoms with E-state index in [-0.39, 0.29) is 24.0 Å². The molecule has 162 valence electrons. The molecule has 0 bridgehead atoms. The lowest BCUT2D eigenvalue weighted by Crippen LogP contribution is -2.50. The van der Waals surface area contributed by atoms with Crippen molar-refractivity contribution in [3.63, 3.8) is 0 Å². The Morgan fingerprint density at radius 3 is 2.78 bits per heavy atom. The van der Waals surface area contributed by atoms with Gasteiger partial charge in [0.2, 0.25) is 0 Å². The molecule has 3 fully saturated rings. The molecule has 2 aromatic heterocycles. The van der Waals surface area contributed by atoms with Crippen LogP contribution in [0.3, 0.4) is 0 Å². The van der Waals surface area contributed by atoms with Gasteiger partial charge in [-0.2, -0.15) is 10.4 Å². The lowest BCUT2D eigenvalue weighted by molar-refractivity contribution is -0.140. The molecule has 1 aromatic carbocycles. The van der Waals surface area contributed by atoms with Gasteiger partial charge in [-0.15, -0.1) is 0 Å².